The summed E-state index contributed by atoms with van der Waals surface area (Å²) in [7, 11) is 0. The van der Waals surface area contributed by atoms with E-state index in [1.807, 2.05) is 0 Å². The summed E-state index contributed by atoms with van der Waals surface area (Å²) in [4.78, 5) is 16.1. The number of hydrogen-bond acceptors (Lipinski definition) is 8. The largest absolute Gasteiger partial charge is 0.462 e. The number of anilines is 2. The minimum absolute atomic E-state index is 0.329. The summed E-state index contributed by atoms with van der Waals surface area (Å²) in [5.74, 6) is 0.797. The number of aromatic nitrogens is 2. The number of carbonyl (C=O) groups is 1. The minimum atomic E-state index is -0.393. The number of nitrogens with zero attached hydrogens (tertiary/aromatic N) is 2. The van der Waals surface area contributed by atoms with E-state index in [1.165, 1.54) is 11.3 Å². The van der Waals surface area contributed by atoms with E-state index in [2.05, 4.69) is 15.5 Å². The maximum atomic E-state index is 11.6. The zero-order chi connectivity index (χ0) is 14.5. The van der Waals surface area contributed by atoms with Crippen LogP contribution in [0.3, 0.4) is 0 Å². The van der Waals surface area contributed by atoms with Crippen molar-refractivity contribution in [2.75, 3.05) is 24.2 Å². The Kier molecular flexibility index (Phi) is 4.57. The number of carbonyl (C=O) groups excluding carboxylic acids is 1. The molecule has 0 aliphatic rings. The number of nitrogen functional groups attached to an aromatic ring is 1. The molecule has 0 saturated heterocycles. The maximum absolute atomic E-state index is 11.6. The highest BCUT2D eigenvalue weighted by Crippen LogP contribution is 2.29. The van der Waals surface area contributed by atoms with Gasteiger partial charge in [-0.3, -0.25) is 0 Å². The molecule has 2 rings (SSSR count). The Morgan fingerprint density at radius 3 is 3.05 bits per heavy atom. The molecule has 0 aliphatic carbocycles. The third kappa shape index (κ3) is 3.47. The Labute approximate surface area is 120 Å². The number of aryl methyl sites for hydroxylation is 1. The van der Waals surface area contributed by atoms with Crippen molar-refractivity contribution in [1.82, 2.24) is 10.1 Å². The van der Waals surface area contributed by atoms with Gasteiger partial charge in [-0.05, 0) is 19.9 Å². The molecule has 0 aromatic carbocycles. The Morgan fingerprint density at radius 1 is 1.60 bits per heavy atom. The molecule has 2 aromatic heterocycles. The molecule has 0 aliphatic heterocycles. The van der Waals surface area contributed by atoms with E-state index >= 15 is 0 Å². The van der Waals surface area contributed by atoms with Gasteiger partial charge in [0.1, 0.15) is 4.88 Å². The van der Waals surface area contributed by atoms with Crippen LogP contribution in [0.2, 0.25) is 0 Å². The number of rotatable bonds is 6. The summed E-state index contributed by atoms with van der Waals surface area (Å²) in [6, 6.07) is 1.72. The van der Waals surface area contributed by atoms with Gasteiger partial charge in [0.05, 0.1) is 17.3 Å². The van der Waals surface area contributed by atoms with Gasteiger partial charge in [-0.2, -0.15) is 4.98 Å². The minimum Gasteiger partial charge on any atom is -0.462 e. The maximum Gasteiger partial charge on any atom is 0.350 e. The van der Waals surface area contributed by atoms with E-state index in [0.29, 0.717) is 41.9 Å². The number of nitrogens with two attached hydrogens (primary N) is 1. The van der Waals surface area contributed by atoms with Gasteiger partial charge >= 0.3 is 5.97 Å². The van der Waals surface area contributed by atoms with Crippen LogP contribution < -0.4 is 11.1 Å². The highest BCUT2D eigenvalue weighted by molar-refractivity contribution is 7.18. The van der Waals surface area contributed by atoms with Crippen LogP contribution in [-0.2, 0) is 11.2 Å². The third-order valence-electron chi connectivity index (χ3n) is 2.43. The van der Waals surface area contributed by atoms with Crippen LogP contribution in [0.25, 0.3) is 0 Å². The van der Waals surface area contributed by atoms with Gasteiger partial charge < -0.3 is 20.3 Å². The highest BCUT2D eigenvalue weighted by atomic mass is 32.1. The molecule has 108 valence electrons. The van der Waals surface area contributed by atoms with E-state index < -0.39 is 5.97 Å². The average Bonchev–Trinajstić information content (AvgIpc) is 2.96. The molecule has 0 saturated carbocycles. The number of thiophene rings is 1. The van der Waals surface area contributed by atoms with Gasteiger partial charge in [-0.25, -0.2) is 4.79 Å². The van der Waals surface area contributed by atoms with Crippen molar-refractivity contribution < 1.29 is 14.1 Å². The molecular formula is C12H16N4O3S. The Balaban J connectivity index is 1.90. The molecule has 3 N–H and O–H groups in total. The average molecular weight is 296 g/mol. The summed E-state index contributed by atoms with van der Waals surface area (Å²) in [5.41, 5.74) is 6.21. The lowest BCUT2D eigenvalue weighted by atomic mass is 10.4. The lowest BCUT2D eigenvalue weighted by molar-refractivity contribution is 0.0533. The first kappa shape index (κ1) is 14.3. The van der Waals surface area contributed by atoms with Gasteiger partial charge in [-0.1, -0.05) is 5.16 Å². The van der Waals surface area contributed by atoms with Crippen molar-refractivity contribution >= 4 is 28.0 Å². The summed E-state index contributed by atoms with van der Waals surface area (Å²) in [5, 5.41) is 7.68. The van der Waals surface area contributed by atoms with E-state index in [0.717, 1.165) is 5.00 Å². The number of hydrogen-bond donors (Lipinski definition) is 2. The van der Waals surface area contributed by atoms with Crippen LogP contribution in [0.4, 0.5) is 10.7 Å². The Morgan fingerprint density at radius 2 is 2.40 bits per heavy atom. The van der Waals surface area contributed by atoms with E-state index in [1.54, 1.807) is 19.9 Å². The first-order valence-electron chi connectivity index (χ1n) is 6.19. The van der Waals surface area contributed by atoms with Crippen molar-refractivity contribution in [2.24, 2.45) is 0 Å². The Hall–Kier alpha value is -2.09. The van der Waals surface area contributed by atoms with Crippen molar-refractivity contribution in [3.8, 4) is 0 Å². The van der Waals surface area contributed by atoms with Gasteiger partial charge in [0.2, 0.25) is 5.89 Å². The van der Waals surface area contributed by atoms with Crippen LogP contribution in [0.15, 0.2) is 10.6 Å². The van der Waals surface area contributed by atoms with Crippen LogP contribution in [0.1, 0.15) is 28.3 Å². The van der Waals surface area contributed by atoms with Crippen molar-refractivity contribution in [3.63, 3.8) is 0 Å². The molecule has 0 amide bonds. The number of nitrogens with one attached hydrogen (secondary N) is 1. The van der Waals surface area contributed by atoms with Crippen molar-refractivity contribution in [3.05, 3.63) is 22.7 Å². The zero-order valence-electron chi connectivity index (χ0n) is 11.3. The smallest absolute Gasteiger partial charge is 0.350 e. The van der Waals surface area contributed by atoms with Crippen LogP contribution >= 0.6 is 11.3 Å². The van der Waals surface area contributed by atoms with Gasteiger partial charge in [0.25, 0.3) is 0 Å². The summed E-state index contributed by atoms with van der Waals surface area (Å²) in [6.45, 7) is 4.47. The highest BCUT2D eigenvalue weighted by Gasteiger charge is 2.15. The standard InChI is InChI=1S/C12H16N4O3S/c1-3-18-12(17)11-8(13)6-10(20-11)14-5-4-9-15-7(2)16-19-9/h6,14H,3-5,13H2,1-2H3. The second-order valence-corrected chi connectivity index (χ2v) is 5.08. The fraction of sp³-hybridized carbons (Fsp3) is 0.417. The summed E-state index contributed by atoms with van der Waals surface area (Å²) in [6.07, 6.45) is 0.605. The molecule has 0 unspecified atom stereocenters. The van der Waals surface area contributed by atoms with Gasteiger partial charge in [0.15, 0.2) is 5.82 Å². The lowest BCUT2D eigenvalue weighted by Crippen LogP contribution is -2.04. The first-order valence-corrected chi connectivity index (χ1v) is 7.01. The fourth-order valence-electron chi connectivity index (χ4n) is 1.58. The molecule has 0 spiro atoms. The zero-order valence-corrected chi connectivity index (χ0v) is 12.1. The third-order valence-corrected chi connectivity index (χ3v) is 3.52. The normalized spacial score (nSPS) is 10.5. The molecule has 0 bridgehead atoms. The molecule has 2 aromatic rings. The summed E-state index contributed by atoms with van der Waals surface area (Å²) >= 11 is 1.27. The quantitative estimate of drug-likeness (QED) is 0.784. The fourth-order valence-corrected chi connectivity index (χ4v) is 2.48. The topological polar surface area (TPSA) is 103 Å². The molecule has 20 heavy (non-hydrogen) atoms. The van der Waals surface area contributed by atoms with E-state index in [9.17, 15) is 4.79 Å². The summed E-state index contributed by atoms with van der Waals surface area (Å²) < 4.78 is 9.93. The molecule has 7 nitrogen and oxygen atoms in total. The monoisotopic (exact) mass is 296 g/mol. The van der Waals surface area contributed by atoms with E-state index in [-0.39, 0.29) is 0 Å². The van der Waals surface area contributed by atoms with Gasteiger partial charge in [0, 0.05) is 13.0 Å². The molecule has 0 atom stereocenters. The second-order valence-electron chi connectivity index (χ2n) is 4.03. The van der Waals surface area contributed by atoms with Gasteiger partial charge in [-0.15, -0.1) is 11.3 Å². The molecule has 2 heterocycles. The van der Waals surface area contributed by atoms with Crippen LogP contribution in [-0.4, -0.2) is 29.3 Å². The SMILES string of the molecule is CCOC(=O)c1sc(NCCc2nc(C)no2)cc1N. The first-order chi connectivity index (χ1) is 9.60. The lowest BCUT2D eigenvalue weighted by Gasteiger charge is -2.00. The molecular weight excluding hydrogens is 280 g/mol. The molecule has 8 heteroatoms. The second kappa shape index (κ2) is 6.38. The molecule has 0 fully saturated rings. The Bertz CT molecular complexity index is 593. The van der Waals surface area contributed by atoms with Crippen LogP contribution in [0.5, 0.6) is 0 Å². The van der Waals surface area contributed by atoms with E-state index in [4.69, 9.17) is 15.0 Å². The van der Waals surface area contributed by atoms with Crippen LogP contribution in [0, 0.1) is 6.92 Å². The predicted molar refractivity (Wildman–Crippen MR) is 75.9 cm³/mol. The molecule has 0 radical (unpaired) electrons. The van der Waals surface area contributed by atoms with Crippen molar-refractivity contribution in [2.45, 2.75) is 20.3 Å². The number of ether oxygens (including phenoxy) is 1. The van der Waals surface area contributed by atoms with Crippen molar-refractivity contribution in [1.29, 1.82) is 0 Å². The predicted octanol–water partition coefficient (Wildman–Crippen LogP) is 1.85. The number of esters is 1.